The van der Waals surface area contributed by atoms with Crippen molar-refractivity contribution in [1.29, 1.82) is 0 Å². The van der Waals surface area contributed by atoms with Crippen molar-refractivity contribution in [2.75, 3.05) is 18.2 Å². The molecule has 0 bridgehead atoms. The summed E-state index contributed by atoms with van der Waals surface area (Å²) < 4.78 is 6.31. The van der Waals surface area contributed by atoms with Gasteiger partial charge >= 0.3 is 5.97 Å². The number of esters is 1. The Kier molecular flexibility index (Phi) is 4.55. The van der Waals surface area contributed by atoms with E-state index in [4.69, 9.17) is 4.74 Å². The molecule has 7 heteroatoms. The number of amides is 1. The molecule has 116 valence electrons. The first-order chi connectivity index (χ1) is 10.5. The second-order valence-electron chi connectivity index (χ2n) is 4.62. The lowest BCUT2D eigenvalue weighted by molar-refractivity contribution is -0.108. The molecule has 0 aliphatic carbocycles. The Labute approximate surface area is 127 Å². The van der Waals surface area contributed by atoms with Crippen molar-refractivity contribution in [2.24, 2.45) is 0 Å². The summed E-state index contributed by atoms with van der Waals surface area (Å²) in [6, 6.07) is 3.28. The fourth-order valence-electron chi connectivity index (χ4n) is 2.11. The van der Waals surface area contributed by atoms with Gasteiger partial charge in [0.05, 0.1) is 12.0 Å². The van der Waals surface area contributed by atoms with Crippen molar-refractivity contribution in [1.82, 2.24) is 9.66 Å². The molecule has 0 unspecified atom stereocenters. The van der Waals surface area contributed by atoms with E-state index in [1.807, 2.05) is 0 Å². The molecule has 7 nitrogen and oxygen atoms in total. The van der Waals surface area contributed by atoms with E-state index < -0.39 is 11.4 Å². The van der Waals surface area contributed by atoms with E-state index in [9.17, 15) is 14.4 Å². The number of nitrogens with zero attached hydrogens (tertiary/aromatic N) is 3. The molecule has 2 aromatic heterocycles. The van der Waals surface area contributed by atoms with Gasteiger partial charge in [-0.3, -0.25) is 14.6 Å². The Hall–Kier alpha value is -2.70. The Morgan fingerprint density at radius 2 is 2.14 bits per heavy atom. The first kappa shape index (κ1) is 15.7. The van der Waals surface area contributed by atoms with E-state index in [1.54, 1.807) is 32.9 Å². The van der Waals surface area contributed by atoms with Gasteiger partial charge < -0.3 is 4.74 Å². The van der Waals surface area contributed by atoms with E-state index in [0.717, 1.165) is 0 Å². The first-order valence-electron chi connectivity index (χ1n) is 6.95. The summed E-state index contributed by atoms with van der Waals surface area (Å²) in [6.07, 6.45) is 1.91. The molecule has 0 aliphatic heterocycles. The van der Waals surface area contributed by atoms with Crippen LogP contribution >= 0.6 is 0 Å². The van der Waals surface area contributed by atoms with Crippen LogP contribution in [0.3, 0.4) is 0 Å². The molecular weight excluding hydrogens is 286 g/mol. The quantitative estimate of drug-likeness (QED) is 0.608. The summed E-state index contributed by atoms with van der Waals surface area (Å²) >= 11 is 0. The second kappa shape index (κ2) is 6.38. The van der Waals surface area contributed by atoms with Crippen LogP contribution in [0.5, 0.6) is 0 Å². The summed E-state index contributed by atoms with van der Waals surface area (Å²) in [6.45, 7) is 5.74. The zero-order chi connectivity index (χ0) is 16.3. The average molecular weight is 303 g/mol. The maximum atomic E-state index is 12.4. The summed E-state index contributed by atoms with van der Waals surface area (Å²) in [5.74, 6) is -0.717. The van der Waals surface area contributed by atoms with Gasteiger partial charge in [0.2, 0.25) is 11.8 Å². The molecule has 0 atom stereocenters. The number of aryl methyl sites for hydroxylation is 1. The molecule has 0 radical (unpaired) electrons. The molecule has 0 aliphatic rings. The van der Waals surface area contributed by atoms with Crippen LogP contribution in [0.2, 0.25) is 0 Å². The van der Waals surface area contributed by atoms with Crippen LogP contribution in [0.4, 0.5) is 0 Å². The minimum atomic E-state index is -0.717. The molecule has 0 fully saturated rings. The lowest BCUT2D eigenvalue weighted by atomic mass is 10.2. The molecule has 0 spiro atoms. The predicted octanol–water partition coefficient (Wildman–Crippen LogP) is 0.996. The number of hydrogen-bond donors (Lipinski definition) is 0. The lowest BCUT2D eigenvalue weighted by Gasteiger charge is -2.21. The zero-order valence-corrected chi connectivity index (χ0v) is 12.7. The molecule has 0 aromatic carbocycles. The third-order valence-electron chi connectivity index (χ3n) is 3.19. The summed E-state index contributed by atoms with van der Waals surface area (Å²) in [5, 5.41) is 1.58. The lowest BCUT2D eigenvalue weighted by Crippen LogP contribution is -2.36. The number of carbonyl (C=O) groups is 2. The maximum Gasteiger partial charge on any atom is 0.343 e. The average Bonchev–Trinajstić information content (AvgIpc) is 2.50. The Balaban J connectivity index is 2.82. The van der Waals surface area contributed by atoms with Gasteiger partial charge in [0.25, 0.3) is 0 Å². The van der Waals surface area contributed by atoms with Gasteiger partial charge in [-0.2, -0.15) is 0 Å². The topological polar surface area (TPSA) is 81.5 Å². The number of pyridine rings is 2. The largest absolute Gasteiger partial charge is 0.462 e. The van der Waals surface area contributed by atoms with Crippen molar-refractivity contribution in [3.8, 4) is 0 Å². The van der Waals surface area contributed by atoms with Gasteiger partial charge in [-0.15, -0.1) is 0 Å². The Morgan fingerprint density at radius 3 is 2.73 bits per heavy atom. The second-order valence-corrected chi connectivity index (χ2v) is 4.62. The van der Waals surface area contributed by atoms with E-state index in [-0.39, 0.29) is 17.6 Å². The van der Waals surface area contributed by atoms with Crippen LogP contribution < -0.4 is 10.4 Å². The fraction of sp³-hybridized carbons (Fsp3) is 0.333. The molecule has 2 rings (SSSR count). The molecule has 0 N–H and O–H groups in total. The zero-order valence-electron chi connectivity index (χ0n) is 12.7. The standard InChI is InChI=1S/C15H17N3O4/c1-4-17(9-19)18-8-12(15(21)22-5-2)13(20)11-7-6-10(3)16-14(11)18/h6-9H,4-5H2,1-3H3. The number of hydrogen-bond acceptors (Lipinski definition) is 5. The minimum Gasteiger partial charge on any atom is -0.462 e. The highest BCUT2D eigenvalue weighted by atomic mass is 16.5. The van der Waals surface area contributed by atoms with E-state index in [1.165, 1.54) is 15.9 Å². The van der Waals surface area contributed by atoms with Gasteiger partial charge in [0.15, 0.2) is 5.65 Å². The number of ether oxygens (including phenoxy) is 1. The van der Waals surface area contributed by atoms with Gasteiger partial charge in [-0.05, 0) is 32.9 Å². The SMILES string of the molecule is CCOC(=O)c1cn(N(C=O)CC)c2nc(C)ccc2c1=O. The molecule has 0 saturated heterocycles. The molecule has 22 heavy (non-hydrogen) atoms. The van der Waals surface area contributed by atoms with Crippen LogP contribution in [0, 0.1) is 6.92 Å². The van der Waals surface area contributed by atoms with Crippen LogP contribution in [-0.2, 0) is 9.53 Å². The fourth-order valence-corrected chi connectivity index (χ4v) is 2.11. The molecule has 1 amide bonds. The third-order valence-corrected chi connectivity index (χ3v) is 3.19. The highest BCUT2D eigenvalue weighted by molar-refractivity contribution is 5.93. The Morgan fingerprint density at radius 1 is 1.41 bits per heavy atom. The maximum absolute atomic E-state index is 12.4. The van der Waals surface area contributed by atoms with Crippen LogP contribution in [0.25, 0.3) is 11.0 Å². The van der Waals surface area contributed by atoms with Gasteiger partial charge in [0.1, 0.15) is 5.56 Å². The summed E-state index contributed by atoms with van der Waals surface area (Å²) in [5.41, 5.74) is 0.443. The first-order valence-corrected chi connectivity index (χ1v) is 6.95. The Bertz CT molecular complexity index is 782. The van der Waals surface area contributed by atoms with Crippen molar-refractivity contribution in [3.05, 3.63) is 39.8 Å². The number of fused-ring (bicyclic) bond motifs is 1. The van der Waals surface area contributed by atoms with Gasteiger partial charge in [0, 0.05) is 18.4 Å². The molecule has 2 heterocycles. The van der Waals surface area contributed by atoms with Gasteiger partial charge in [-0.1, -0.05) is 0 Å². The summed E-state index contributed by atoms with van der Waals surface area (Å²) in [4.78, 5) is 40.0. The normalized spacial score (nSPS) is 10.5. The highest BCUT2D eigenvalue weighted by Crippen LogP contribution is 2.12. The van der Waals surface area contributed by atoms with Crippen LogP contribution in [0.1, 0.15) is 29.9 Å². The van der Waals surface area contributed by atoms with E-state index >= 15 is 0 Å². The van der Waals surface area contributed by atoms with E-state index in [0.29, 0.717) is 24.3 Å². The molecule has 2 aromatic rings. The minimum absolute atomic E-state index is 0.125. The van der Waals surface area contributed by atoms with Crippen molar-refractivity contribution in [3.63, 3.8) is 0 Å². The number of rotatable bonds is 5. The van der Waals surface area contributed by atoms with Crippen molar-refractivity contribution >= 4 is 23.4 Å². The van der Waals surface area contributed by atoms with Crippen LogP contribution in [0.15, 0.2) is 23.1 Å². The smallest absolute Gasteiger partial charge is 0.343 e. The van der Waals surface area contributed by atoms with Gasteiger partial charge in [-0.25, -0.2) is 14.5 Å². The predicted molar refractivity (Wildman–Crippen MR) is 81.5 cm³/mol. The third kappa shape index (κ3) is 2.69. The number of carbonyl (C=O) groups excluding carboxylic acids is 2. The highest BCUT2D eigenvalue weighted by Gasteiger charge is 2.19. The van der Waals surface area contributed by atoms with Crippen molar-refractivity contribution in [2.45, 2.75) is 20.8 Å². The summed E-state index contributed by atoms with van der Waals surface area (Å²) in [7, 11) is 0. The molecular formula is C15H17N3O4. The van der Waals surface area contributed by atoms with Crippen molar-refractivity contribution < 1.29 is 14.3 Å². The molecule has 0 saturated carbocycles. The van der Waals surface area contributed by atoms with Crippen LogP contribution in [-0.4, -0.2) is 35.2 Å². The van der Waals surface area contributed by atoms with E-state index in [2.05, 4.69) is 4.98 Å². The monoisotopic (exact) mass is 303 g/mol. The number of aromatic nitrogens is 2.